The predicted octanol–water partition coefficient (Wildman–Crippen LogP) is 5.31. The summed E-state index contributed by atoms with van der Waals surface area (Å²) < 4.78 is 11.2. The molecule has 1 aliphatic rings. The van der Waals surface area contributed by atoms with Crippen LogP contribution in [-0.4, -0.2) is 23.5 Å². The van der Waals surface area contributed by atoms with Crippen molar-refractivity contribution in [2.45, 2.75) is 19.3 Å². The average molecular weight is 438 g/mol. The zero-order chi connectivity index (χ0) is 22.6. The number of aromatic nitrogens is 1. The van der Waals surface area contributed by atoms with E-state index in [1.807, 2.05) is 54.6 Å². The molecule has 1 aliphatic carbocycles. The molecule has 6 nitrogen and oxygen atoms in total. The number of pyridine rings is 1. The van der Waals surface area contributed by atoms with Gasteiger partial charge in [0.15, 0.2) is 6.61 Å². The van der Waals surface area contributed by atoms with Gasteiger partial charge in [-0.3, -0.25) is 9.78 Å². The van der Waals surface area contributed by atoms with E-state index in [9.17, 15) is 9.59 Å². The number of amides is 1. The smallest absolute Gasteiger partial charge is 0.339 e. The zero-order valence-electron chi connectivity index (χ0n) is 17.9. The van der Waals surface area contributed by atoms with E-state index in [0.29, 0.717) is 22.7 Å². The fraction of sp³-hybridized carbons (Fsp3) is 0.148. The summed E-state index contributed by atoms with van der Waals surface area (Å²) in [6, 6.07) is 24.0. The van der Waals surface area contributed by atoms with Gasteiger partial charge in [-0.1, -0.05) is 42.5 Å². The molecule has 3 aromatic carbocycles. The minimum Gasteiger partial charge on any atom is -0.457 e. The van der Waals surface area contributed by atoms with Gasteiger partial charge in [0.05, 0.1) is 11.1 Å². The van der Waals surface area contributed by atoms with E-state index in [1.165, 1.54) is 0 Å². The molecule has 0 saturated carbocycles. The fourth-order valence-corrected chi connectivity index (χ4v) is 4.11. The van der Waals surface area contributed by atoms with Crippen LogP contribution < -0.4 is 10.1 Å². The number of hydrogen-bond donors (Lipinski definition) is 1. The lowest BCUT2D eigenvalue weighted by molar-refractivity contribution is -0.119. The Hall–Kier alpha value is -4.19. The van der Waals surface area contributed by atoms with Gasteiger partial charge in [0.1, 0.15) is 11.5 Å². The highest BCUT2D eigenvalue weighted by molar-refractivity contribution is 6.06. The Labute approximate surface area is 191 Å². The number of aryl methyl sites for hydroxylation is 1. The number of ether oxygens (including phenoxy) is 2. The Morgan fingerprint density at radius 2 is 1.67 bits per heavy atom. The van der Waals surface area contributed by atoms with E-state index in [-0.39, 0.29) is 6.61 Å². The monoisotopic (exact) mass is 438 g/mol. The second-order valence-electron chi connectivity index (χ2n) is 7.85. The molecule has 1 amide bonds. The standard InChI is InChI=1S/C27H22N2O4/c30-25(28-18-8-6-11-20(16-18)33-19-9-2-1-3-10-19)17-32-27(31)26-21-12-4-5-14-23(21)29-24-15-7-13-22(24)26/h1-6,8-12,14,16H,7,13,15,17H2,(H,28,30). The summed E-state index contributed by atoms with van der Waals surface area (Å²) in [4.78, 5) is 30.1. The van der Waals surface area contributed by atoms with Crippen LogP contribution in [0.25, 0.3) is 10.9 Å². The van der Waals surface area contributed by atoms with Crippen LogP contribution in [0.1, 0.15) is 28.0 Å². The molecule has 0 saturated heterocycles. The minimum absolute atomic E-state index is 0.381. The van der Waals surface area contributed by atoms with Crippen molar-refractivity contribution >= 4 is 28.5 Å². The Kier molecular flexibility index (Phi) is 5.72. The molecular weight excluding hydrogens is 416 g/mol. The lowest BCUT2D eigenvalue weighted by Crippen LogP contribution is -2.21. The van der Waals surface area contributed by atoms with E-state index in [1.54, 1.807) is 24.3 Å². The number of nitrogens with zero attached hydrogens (tertiary/aromatic N) is 1. The van der Waals surface area contributed by atoms with Gasteiger partial charge in [-0.25, -0.2) is 4.79 Å². The van der Waals surface area contributed by atoms with E-state index in [4.69, 9.17) is 9.47 Å². The molecule has 0 radical (unpaired) electrons. The number of nitrogens with one attached hydrogen (secondary N) is 1. The van der Waals surface area contributed by atoms with Crippen LogP contribution in [0.2, 0.25) is 0 Å². The normalized spacial score (nSPS) is 12.2. The number of carbonyl (C=O) groups is 2. The lowest BCUT2D eigenvalue weighted by Gasteiger charge is -2.12. The van der Waals surface area contributed by atoms with Crippen LogP contribution in [-0.2, 0) is 22.4 Å². The fourth-order valence-electron chi connectivity index (χ4n) is 4.11. The molecule has 1 heterocycles. The molecule has 1 N–H and O–H groups in total. The van der Waals surface area contributed by atoms with Gasteiger partial charge >= 0.3 is 5.97 Å². The second kappa shape index (κ2) is 9.12. The molecule has 0 bridgehead atoms. The van der Waals surface area contributed by atoms with Gasteiger partial charge in [-0.2, -0.15) is 0 Å². The molecule has 4 aromatic rings. The van der Waals surface area contributed by atoms with Gasteiger partial charge < -0.3 is 14.8 Å². The van der Waals surface area contributed by atoms with Crippen molar-refractivity contribution in [1.29, 1.82) is 0 Å². The number of benzene rings is 3. The van der Waals surface area contributed by atoms with Crippen LogP contribution in [0.5, 0.6) is 11.5 Å². The lowest BCUT2D eigenvalue weighted by atomic mass is 10.0. The molecule has 0 spiro atoms. The van der Waals surface area contributed by atoms with Gasteiger partial charge in [0.25, 0.3) is 5.91 Å². The first-order valence-corrected chi connectivity index (χ1v) is 10.9. The maximum atomic E-state index is 13.0. The number of para-hydroxylation sites is 2. The number of hydrogen-bond acceptors (Lipinski definition) is 5. The number of rotatable bonds is 6. The number of fused-ring (bicyclic) bond motifs is 2. The summed E-state index contributed by atoms with van der Waals surface area (Å²) in [6.07, 6.45) is 2.60. The third kappa shape index (κ3) is 4.55. The summed E-state index contributed by atoms with van der Waals surface area (Å²) in [7, 11) is 0. The first kappa shape index (κ1) is 20.7. The third-order valence-corrected chi connectivity index (χ3v) is 5.55. The number of carbonyl (C=O) groups excluding carboxylic acids is 2. The summed E-state index contributed by atoms with van der Waals surface area (Å²) >= 11 is 0. The Morgan fingerprint density at radius 1 is 0.879 bits per heavy atom. The van der Waals surface area contributed by atoms with E-state index >= 15 is 0 Å². The Balaban J connectivity index is 1.26. The topological polar surface area (TPSA) is 77.5 Å². The van der Waals surface area contributed by atoms with Crippen molar-refractivity contribution in [3.8, 4) is 11.5 Å². The third-order valence-electron chi connectivity index (χ3n) is 5.55. The number of anilines is 1. The first-order valence-electron chi connectivity index (χ1n) is 10.9. The summed E-state index contributed by atoms with van der Waals surface area (Å²) in [5.74, 6) is 0.375. The van der Waals surface area contributed by atoms with Crippen molar-refractivity contribution in [3.05, 3.63) is 95.7 Å². The van der Waals surface area contributed by atoms with Crippen LogP contribution in [0.15, 0.2) is 78.9 Å². The van der Waals surface area contributed by atoms with Crippen LogP contribution in [0.3, 0.4) is 0 Å². The zero-order valence-corrected chi connectivity index (χ0v) is 17.9. The molecule has 0 aliphatic heterocycles. The van der Waals surface area contributed by atoms with E-state index in [0.717, 1.165) is 41.4 Å². The molecule has 5 rings (SSSR count). The largest absolute Gasteiger partial charge is 0.457 e. The molecule has 164 valence electrons. The van der Waals surface area contributed by atoms with Crippen molar-refractivity contribution in [3.63, 3.8) is 0 Å². The molecule has 1 aromatic heterocycles. The molecule has 6 heteroatoms. The van der Waals surface area contributed by atoms with Gasteiger partial charge in [0.2, 0.25) is 0 Å². The van der Waals surface area contributed by atoms with Crippen molar-refractivity contribution in [1.82, 2.24) is 4.98 Å². The second-order valence-corrected chi connectivity index (χ2v) is 7.85. The van der Waals surface area contributed by atoms with Gasteiger partial charge in [-0.15, -0.1) is 0 Å². The molecule has 0 unspecified atom stereocenters. The summed E-state index contributed by atoms with van der Waals surface area (Å²) in [5, 5.41) is 3.51. The van der Waals surface area contributed by atoms with E-state index in [2.05, 4.69) is 10.3 Å². The highest BCUT2D eigenvalue weighted by Gasteiger charge is 2.25. The Bertz CT molecular complexity index is 1330. The summed E-state index contributed by atoms with van der Waals surface area (Å²) in [5.41, 5.74) is 3.73. The molecule has 0 atom stereocenters. The van der Waals surface area contributed by atoms with Crippen molar-refractivity contribution in [2.24, 2.45) is 0 Å². The average Bonchev–Trinajstić information content (AvgIpc) is 3.30. The quantitative estimate of drug-likeness (QED) is 0.413. The molecular formula is C27H22N2O4. The van der Waals surface area contributed by atoms with Crippen LogP contribution in [0, 0.1) is 0 Å². The highest BCUT2D eigenvalue weighted by Crippen LogP contribution is 2.30. The van der Waals surface area contributed by atoms with Crippen LogP contribution in [0.4, 0.5) is 5.69 Å². The van der Waals surface area contributed by atoms with Crippen molar-refractivity contribution < 1.29 is 19.1 Å². The minimum atomic E-state index is -0.497. The van der Waals surface area contributed by atoms with Crippen LogP contribution >= 0.6 is 0 Å². The maximum absolute atomic E-state index is 13.0. The molecule has 33 heavy (non-hydrogen) atoms. The van der Waals surface area contributed by atoms with Gasteiger partial charge in [0, 0.05) is 22.8 Å². The first-order chi connectivity index (χ1) is 16.2. The maximum Gasteiger partial charge on any atom is 0.339 e. The van der Waals surface area contributed by atoms with E-state index < -0.39 is 11.9 Å². The van der Waals surface area contributed by atoms with Crippen molar-refractivity contribution in [2.75, 3.05) is 11.9 Å². The number of esters is 1. The Morgan fingerprint density at radius 3 is 2.55 bits per heavy atom. The molecule has 0 fully saturated rings. The predicted molar refractivity (Wildman–Crippen MR) is 126 cm³/mol. The summed E-state index contributed by atoms with van der Waals surface area (Å²) in [6.45, 7) is -0.381. The van der Waals surface area contributed by atoms with Gasteiger partial charge in [-0.05, 0) is 55.2 Å². The SMILES string of the molecule is O=C(COC(=O)c1c2c(nc3ccccc13)CCC2)Nc1cccc(Oc2ccccc2)c1. The highest BCUT2D eigenvalue weighted by atomic mass is 16.5.